The lowest BCUT2D eigenvalue weighted by molar-refractivity contribution is -0.130. The van der Waals surface area contributed by atoms with Crippen molar-refractivity contribution in [3.8, 4) is 23.0 Å². The summed E-state index contributed by atoms with van der Waals surface area (Å²) < 4.78 is 27.0. The quantitative estimate of drug-likeness (QED) is 0.656. The van der Waals surface area contributed by atoms with Crippen molar-refractivity contribution < 1.29 is 18.7 Å². The summed E-state index contributed by atoms with van der Waals surface area (Å²) >= 11 is 0. The minimum atomic E-state index is -0.466. The Morgan fingerprint density at radius 2 is 2.17 bits per heavy atom. The van der Waals surface area contributed by atoms with Gasteiger partial charge in [0.2, 0.25) is 11.8 Å². The fraction of sp³-hybridized carbons (Fsp3) is 0.400. The van der Waals surface area contributed by atoms with E-state index in [0.717, 1.165) is 6.42 Å². The topological polar surface area (TPSA) is 82.4 Å². The van der Waals surface area contributed by atoms with Gasteiger partial charge < -0.3 is 18.9 Å². The van der Waals surface area contributed by atoms with Crippen LogP contribution in [0.2, 0.25) is 0 Å². The van der Waals surface area contributed by atoms with E-state index >= 15 is 0 Å². The van der Waals surface area contributed by atoms with Crippen LogP contribution >= 0.6 is 0 Å². The molecule has 8 nitrogen and oxygen atoms in total. The van der Waals surface area contributed by atoms with Gasteiger partial charge in [0.05, 0.1) is 13.7 Å². The van der Waals surface area contributed by atoms with Crippen molar-refractivity contribution in [1.29, 1.82) is 0 Å². The first-order chi connectivity index (χ1) is 14.0. The number of nitrogens with zero attached hydrogens (tertiary/aromatic N) is 5. The number of hydrogen-bond acceptors (Lipinski definition) is 6. The number of fused-ring (bicyclic) bond motifs is 1. The van der Waals surface area contributed by atoms with Crippen molar-refractivity contribution in [3.05, 3.63) is 30.3 Å². The first-order valence-electron chi connectivity index (χ1n) is 9.47. The summed E-state index contributed by atoms with van der Waals surface area (Å²) in [6.45, 7) is 3.05. The number of imidazole rings is 1. The number of hydrogen-bond donors (Lipinski definition) is 0. The molecule has 0 radical (unpaired) electrons. The average Bonchev–Trinajstić information content (AvgIpc) is 3.33. The van der Waals surface area contributed by atoms with E-state index < -0.39 is 5.82 Å². The maximum atomic E-state index is 14.2. The molecule has 1 fully saturated rings. The molecule has 9 heteroatoms. The molecule has 4 rings (SSSR count). The van der Waals surface area contributed by atoms with Gasteiger partial charge in [0, 0.05) is 32.0 Å². The van der Waals surface area contributed by atoms with Crippen molar-refractivity contribution in [2.24, 2.45) is 7.05 Å². The first-order valence-corrected chi connectivity index (χ1v) is 9.47. The predicted molar refractivity (Wildman–Crippen MR) is 104 cm³/mol. The SMILES string of the molecule is CCC(=O)N1CC[C@H](Oc2ncnc3c2nc(-c2ccc(OC)c(F)c2)n3C)C1. The number of aryl methyl sites for hydroxylation is 1. The Bertz CT molecular complexity index is 1070. The van der Waals surface area contributed by atoms with Crippen LogP contribution in [0.15, 0.2) is 24.5 Å². The van der Waals surface area contributed by atoms with E-state index in [1.54, 1.807) is 28.6 Å². The van der Waals surface area contributed by atoms with E-state index in [4.69, 9.17) is 9.47 Å². The highest BCUT2D eigenvalue weighted by Gasteiger charge is 2.28. The number of benzene rings is 1. The van der Waals surface area contributed by atoms with E-state index in [1.165, 1.54) is 19.5 Å². The molecule has 1 aliphatic heterocycles. The van der Waals surface area contributed by atoms with Crippen LogP contribution < -0.4 is 9.47 Å². The number of methoxy groups -OCH3 is 1. The van der Waals surface area contributed by atoms with E-state index in [1.807, 2.05) is 6.92 Å². The molecular formula is C20H22FN5O3. The number of amides is 1. The second-order valence-corrected chi connectivity index (χ2v) is 6.92. The Balaban J connectivity index is 1.65. The van der Waals surface area contributed by atoms with Crippen LogP contribution in [0.4, 0.5) is 4.39 Å². The molecule has 2 aromatic heterocycles. The summed E-state index contributed by atoms with van der Waals surface area (Å²) in [6, 6.07) is 4.67. The number of rotatable bonds is 5. The highest BCUT2D eigenvalue weighted by molar-refractivity contribution is 5.81. The first kappa shape index (κ1) is 19.1. The van der Waals surface area contributed by atoms with Crippen LogP contribution in [0, 0.1) is 5.82 Å². The lowest BCUT2D eigenvalue weighted by Crippen LogP contribution is -2.30. The van der Waals surface area contributed by atoms with Gasteiger partial charge in [-0.2, -0.15) is 4.98 Å². The Hall–Kier alpha value is -3.23. The van der Waals surface area contributed by atoms with Crippen LogP contribution in [-0.2, 0) is 11.8 Å². The van der Waals surface area contributed by atoms with Gasteiger partial charge in [0.15, 0.2) is 22.7 Å². The summed E-state index contributed by atoms with van der Waals surface area (Å²) in [5.74, 6) is 0.725. The molecule has 0 bridgehead atoms. The molecule has 1 aliphatic rings. The molecule has 1 amide bonds. The molecule has 29 heavy (non-hydrogen) atoms. The molecule has 152 valence electrons. The molecule has 1 aromatic carbocycles. The van der Waals surface area contributed by atoms with Gasteiger partial charge in [-0.3, -0.25) is 4.79 Å². The molecule has 0 aliphatic carbocycles. The van der Waals surface area contributed by atoms with Crippen molar-refractivity contribution in [3.63, 3.8) is 0 Å². The number of halogens is 1. The summed E-state index contributed by atoms with van der Waals surface area (Å²) in [5.41, 5.74) is 1.68. The van der Waals surface area contributed by atoms with Crippen molar-refractivity contribution in [2.45, 2.75) is 25.9 Å². The number of carbonyl (C=O) groups excluding carboxylic acids is 1. The van der Waals surface area contributed by atoms with Gasteiger partial charge in [-0.25, -0.2) is 14.4 Å². The van der Waals surface area contributed by atoms with Crippen LogP contribution in [0.25, 0.3) is 22.6 Å². The number of aromatic nitrogens is 4. The molecule has 0 spiro atoms. The van der Waals surface area contributed by atoms with Gasteiger partial charge in [-0.1, -0.05) is 6.92 Å². The lowest BCUT2D eigenvalue weighted by atomic mass is 10.2. The van der Waals surface area contributed by atoms with Crippen LogP contribution in [0.5, 0.6) is 11.6 Å². The highest BCUT2D eigenvalue weighted by atomic mass is 19.1. The number of ether oxygens (including phenoxy) is 2. The van der Waals surface area contributed by atoms with E-state index in [-0.39, 0.29) is 17.8 Å². The molecule has 0 unspecified atom stereocenters. The molecule has 0 N–H and O–H groups in total. The van der Waals surface area contributed by atoms with Crippen LogP contribution in [0.1, 0.15) is 19.8 Å². The van der Waals surface area contributed by atoms with Crippen molar-refractivity contribution >= 4 is 17.1 Å². The zero-order valence-electron chi connectivity index (χ0n) is 16.6. The zero-order chi connectivity index (χ0) is 20.5. The van der Waals surface area contributed by atoms with Crippen molar-refractivity contribution in [1.82, 2.24) is 24.4 Å². The Morgan fingerprint density at radius 1 is 1.34 bits per heavy atom. The van der Waals surface area contributed by atoms with E-state index in [9.17, 15) is 9.18 Å². The average molecular weight is 399 g/mol. The van der Waals surface area contributed by atoms with Gasteiger partial charge in [0.25, 0.3) is 0 Å². The van der Waals surface area contributed by atoms with Gasteiger partial charge in [-0.05, 0) is 18.2 Å². The van der Waals surface area contributed by atoms with Gasteiger partial charge >= 0.3 is 0 Å². The lowest BCUT2D eigenvalue weighted by Gasteiger charge is -2.16. The third kappa shape index (κ3) is 3.48. The molecule has 3 heterocycles. The smallest absolute Gasteiger partial charge is 0.245 e. The molecule has 3 aromatic rings. The predicted octanol–water partition coefficient (Wildman–Crippen LogP) is 2.57. The maximum absolute atomic E-state index is 14.2. The molecular weight excluding hydrogens is 377 g/mol. The third-order valence-corrected chi connectivity index (χ3v) is 5.11. The standard InChI is InChI=1S/C20H22FN5O3/c1-4-16(27)26-8-7-13(10-26)29-20-17-19(22-11-23-20)25(2)18(24-17)12-5-6-15(28-3)14(21)9-12/h5-6,9,11,13H,4,7-8,10H2,1-3H3/t13-/m0/s1. The second-order valence-electron chi connectivity index (χ2n) is 6.92. The summed E-state index contributed by atoms with van der Waals surface area (Å²) in [7, 11) is 3.23. The summed E-state index contributed by atoms with van der Waals surface area (Å²) in [4.78, 5) is 26.9. The second kappa shape index (κ2) is 7.65. The minimum absolute atomic E-state index is 0.116. The highest BCUT2D eigenvalue weighted by Crippen LogP contribution is 2.30. The van der Waals surface area contributed by atoms with Crippen molar-refractivity contribution in [2.75, 3.05) is 20.2 Å². The summed E-state index contributed by atoms with van der Waals surface area (Å²) in [6.07, 6.45) is 2.49. The largest absolute Gasteiger partial charge is 0.494 e. The summed E-state index contributed by atoms with van der Waals surface area (Å²) in [5, 5.41) is 0. The van der Waals surface area contributed by atoms with E-state index in [0.29, 0.717) is 47.9 Å². The maximum Gasteiger partial charge on any atom is 0.245 e. The van der Waals surface area contributed by atoms with Crippen LogP contribution in [-0.4, -0.2) is 56.6 Å². The Kier molecular flexibility index (Phi) is 5.04. The number of likely N-dealkylation sites (tertiary alicyclic amines) is 1. The zero-order valence-corrected chi connectivity index (χ0v) is 16.6. The Morgan fingerprint density at radius 3 is 2.90 bits per heavy atom. The normalized spacial score (nSPS) is 16.4. The molecule has 0 saturated carbocycles. The number of carbonyl (C=O) groups is 1. The van der Waals surface area contributed by atoms with Gasteiger partial charge in [0.1, 0.15) is 18.3 Å². The fourth-order valence-corrected chi connectivity index (χ4v) is 3.56. The van der Waals surface area contributed by atoms with Gasteiger partial charge in [-0.15, -0.1) is 0 Å². The monoisotopic (exact) mass is 399 g/mol. The van der Waals surface area contributed by atoms with E-state index in [2.05, 4.69) is 15.0 Å². The third-order valence-electron chi connectivity index (χ3n) is 5.11. The Labute approximate surface area is 167 Å². The molecule has 1 saturated heterocycles. The minimum Gasteiger partial charge on any atom is -0.494 e. The molecule has 1 atom stereocenters. The van der Waals surface area contributed by atoms with Crippen LogP contribution in [0.3, 0.4) is 0 Å². The fourth-order valence-electron chi connectivity index (χ4n) is 3.56.